The largest absolute Gasteiger partial charge is 0.504 e. The van der Waals surface area contributed by atoms with Crippen LogP contribution in [0.5, 0.6) is 11.5 Å². The third kappa shape index (κ3) is 2.90. The number of aromatic hydroxyl groups is 2. The lowest BCUT2D eigenvalue weighted by atomic mass is 9.80. The lowest BCUT2D eigenvalue weighted by Crippen LogP contribution is -2.16. The van der Waals surface area contributed by atoms with Crippen LogP contribution in [0.4, 0.5) is 4.39 Å². The van der Waals surface area contributed by atoms with Crippen molar-refractivity contribution < 1.29 is 14.6 Å². The van der Waals surface area contributed by atoms with Gasteiger partial charge in [0, 0.05) is 0 Å². The van der Waals surface area contributed by atoms with Gasteiger partial charge in [-0.3, -0.25) is 0 Å². The maximum absolute atomic E-state index is 13.9. The third-order valence-electron chi connectivity index (χ3n) is 2.64. The summed E-state index contributed by atoms with van der Waals surface area (Å²) in [5.74, 6) is -1.80. The van der Waals surface area contributed by atoms with E-state index in [1.165, 1.54) is 6.07 Å². The van der Waals surface area contributed by atoms with E-state index in [1.807, 2.05) is 34.6 Å². The lowest BCUT2D eigenvalue weighted by molar-refractivity contribution is 0.371. The van der Waals surface area contributed by atoms with E-state index in [-0.39, 0.29) is 18.8 Å². The quantitative estimate of drug-likeness (QED) is 0.721. The SMILES string of the molecule is C.CC(C)c1c(C(C)(C)C)cc(O)c(O)c1F. The van der Waals surface area contributed by atoms with Crippen molar-refractivity contribution in [1.29, 1.82) is 0 Å². The zero-order chi connectivity index (χ0) is 12.7. The van der Waals surface area contributed by atoms with Gasteiger partial charge in [-0.25, -0.2) is 4.39 Å². The second kappa shape index (κ2) is 4.94. The van der Waals surface area contributed by atoms with Gasteiger partial charge in [-0.2, -0.15) is 0 Å². The van der Waals surface area contributed by atoms with Gasteiger partial charge in [-0.05, 0) is 28.5 Å². The second-order valence-electron chi connectivity index (χ2n) is 5.42. The van der Waals surface area contributed by atoms with E-state index in [0.717, 1.165) is 5.56 Å². The van der Waals surface area contributed by atoms with E-state index >= 15 is 0 Å². The Morgan fingerprint density at radius 1 is 1.18 bits per heavy atom. The molecule has 98 valence electrons. The molecule has 0 aliphatic heterocycles. The highest BCUT2D eigenvalue weighted by molar-refractivity contribution is 5.50. The van der Waals surface area contributed by atoms with Crippen LogP contribution in [0.3, 0.4) is 0 Å². The first-order valence-electron chi connectivity index (χ1n) is 5.41. The van der Waals surface area contributed by atoms with Crippen molar-refractivity contribution in [2.24, 2.45) is 0 Å². The van der Waals surface area contributed by atoms with Crippen molar-refractivity contribution in [1.82, 2.24) is 0 Å². The number of hydrogen-bond donors (Lipinski definition) is 2. The number of phenols is 2. The molecule has 2 N–H and O–H groups in total. The van der Waals surface area contributed by atoms with Gasteiger partial charge in [-0.15, -0.1) is 0 Å². The summed E-state index contributed by atoms with van der Waals surface area (Å²) in [7, 11) is 0. The van der Waals surface area contributed by atoms with Gasteiger partial charge >= 0.3 is 0 Å². The minimum Gasteiger partial charge on any atom is -0.504 e. The average molecular weight is 242 g/mol. The van der Waals surface area contributed by atoms with Crippen molar-refractivity contribution in [3.8, 4) is 11.5 Å². The van der Waals surface area contributed by atoms with E-state index in [9.17, 15) is 14.6 Å². The molecular weight excluding hydrogens is 219 g/mol. The van der Waals surface area contributed by atoms with Crippen LogP contribution in [-0.4, -0.2) is 10.2 Å². The Bertz CT molecular complexity index is 404. The van der Waals surface area contributed by atoms with Gasteiger partial charge in [0.05, 0.1) is 0 Å². The van der Waals surface area contributed by atoms with E-state index in [1.54, 1.807) is 0 Å². The molecule has 0 saturated heterocycles. The first kappa shape index (κ1) is 15.8. The minimum absolute atomic E-state index is 0. The fraction of sp³-hybridized carbons (Fsp3) is 0.571. The second-order valence-corrected chi connectivity index (χ2v) is 5.42. The fourth-order valence-electron chi connectivity index (χ4n) is 1.83. The highest BCUT2D eigenvalue weighted by Gasteiger charge is 2.26. The van der Waals surface area contributed by atoms with Crippen LogP contribution in [0.15, 0.2) is 6.07 Å². The predicted octanol–water partition coefficient (Wildman–Crippen LogP) is 4.29. The molecule has 1 rings (SSSR count). The molecule has 2 nitrogen and oxygen atoms in total. The number of hydrogen-bond acceptors (Lipinski definition) is 2. The van der Waals surface area contributed by atoms with E-state index in [4.69, 9.17) is 0 Å². The van der Waals surface area contributed by atoms with E-state index in [2.05, 4.69) is 0 Å². The van der Waals surface area contributed by atoms with Crippen molar-refractivity contribution in [3.63, 3.8) is 0 Å². The molecule has 0 fully saturated rings. The summed E-state index contributed by atoms with van der Waals surface area (Å²) in [5, 5.41) is 18.9. The Morgan fingerprint density at radius 2 is 1.65 bits per heavy atom. The smallest absolute Gasteiger partial charge is 0.194 e. The monoisotopic (exact) mass is 242 g/mol. The van der Waals surface area contributed by atoms with Crippen LogP contribution < -0.4 is 0 Å². The molecule has 0 bridgehead atoms. The molecule has 0 unspecified atom stereocenters. The molecule has 0 atom stereocenters. The number of benzene rings is 1. The van der Waals surface area contributed by atoms with Gasteiger partial charge in [-0.1, -0.05) is 42.0 Å². The Hall–Kier alpha value is -1.25. The van der Waals surface area contributed by atoms with E-state index in [0.29, 0.717) is 5.56 Å². The summed E-state index contributed by atoms with van der Waals surface area (Å²) < 4.78 is 13.9. The molecule has 0 spiro atoms. The van der Waals surface area contributed by atoms with E-state index < -0.39 is 17.3 Å². The first-order chi connectivity index (χ1) is 7.16. The lowest BCUT2D eigenvalue weighted by Gasteiger charge is -2.25. The molecule has 1 aromatic rings. The van der Waals surface area contributed by atoms with Crippen LogP contribution in [0.1, 0.15) is 59.1 Å². The molecule has 0 radical (unpaired) electrons. The minimum atomic E-state index is -0.708. The summed E-state index contributed by atoms with van der Waals surface area (Å²) >= 11 is 0. The number of phenolic OH excluding ortho intramolecular Hbond substituents is 2. The maximum atomic E-state index is 13.9. The molecule has 17 heavy (non-hydrogen) atoms. The van der Waals surface area contributed by atoms with Crippen LogP contribution in [0.2, 0.25) is 0 Å². The van der Waals surface area contributed by atoms with Gasteiger partial charge in [0.25, 0.3) is 0 Å². The van der Waals surface area contributed by atoms with Crippen LogP contribution >= 0.6 is 0 Å². The summed E-state index contributed by atoms with van der Waals surface area (Å²) in [6.07, 6.45) is 0. The topological polar surface area (TPSA) is 40.5 Å². The average Bonchev–Trinajstić information content (AvgIpc) is 2.11. The summed E-state index contributed by atoms with van der Waals surface area (Å²) in [5.41, 5.74) is 0.934. The Labute approximate surface area is 103 Å². The molecular formula is C14H23FO2. The molecule has 3 heteroatoms. The van der Waals surface area contributed by atoms with Crippen LogP contribution in [-0.2, 0) is 5.41 Å². The predicted molar refractivity (Wildman–Crippen MR) is 69.2 cm³/mol. The van der Waals surface area contributed by atoms with Crippen molar-refractivity contribution in [3.05, 3.63) is 23.0 Å². The molecule has 0 aromatic heterocycles. The molecule has 1 aromatic carbocycles. The zero-order valence-electron chi connectivity index (χ0n) is 10.4. The van der Waals surface area contributed by atoms with Gasteiger partial charge in [0.1, 0.15) is 0 Å². The molecule has 0 heterocycles. The summed E-state index contributed by atoms with van der Waals surface area (Å²) in [6, 6.07) is 1.45. The highest BCUT2D eigenvalue weighted by Crippen LogP contribution is 2.40. The van der Waals surface area contributed by atoms with Crippen molar-refractivity contribution >= 4 is 0 Å². The maximum Gasteiger partial charge on any atom is 0.194 e. The summed E-state index contributed by atoms with van der Waals surface area (Å²) in [6.45, 7) is 9.58. The Kier molecular flexibility index (Phi) is 4.58. The van der Waals surface area contributed by atoms with Crippen molar-refractivity contribution in [2.75, 3.05) is 0 Å². The fourth-order valence-corrected chi connectivity index (χ4v) is 1.83. The molecule has 0 saturated carbocycles. The normalized spacial score (nSPS) is 11.5. The standard InChI is InChI=1S/C13H19FO2.CH4/c1-7(2)10-8(13(3,4)5)6-9(15)12(16)11(10)14;/h6-7,15-16H,1-5H3;1H4. The highest BCUT2D eigenvalue weighted by atomic mass is 19.1. The van der Waals surface area contributed by atoms with Crippen LogP contribution in [0, 0.1) is 5.82 Å². The van der Waals surface area contributed by atoms with Gasteiger partial charge in [0.15, 0.2) is 17.3 Å². The summed E-state index contributed by atoms with van der Waals surface area (Å²) in [4.78, 5) is 0. The molecule has 0 amide bonds. The van der Waals surface area contributed by atoms with Crippen molar-refractivity contribution in [2.45, 2.75) is 53.4 Å². The Balaban J connectivity index is 0.00000256. The molecule has 0 aliphatic carbocycles. The number of halogens is 1. The Morgan fingerprint density at radius 3 is 2.00 bits per heavy atom. The van der Waals surface area contributed by atoms with Gasteiger partial charge in [0.2, 0.25) is 0 Å². The first-order valence-corrected chi connectivity index (χ1v) is 5.41. The van der Waals surface area contributed by atoms with Crippen LogP contribution in [0.25, 0.3) is 0 Å². The van der Waals surface area contributed by atoms with Gasteiger partial charge < -0.3 is 10.2 Å². The third-order valence-corrected chi connectivity index (χ3v) is 2.64. The number of rotatable bonds is 1. The molecule has 0 aliphatic rings. The zero-order valence-corrected chi connectivity index (χ0v) is 10.4.